The van der Waals surface area contributed by atoms with Crippen molar-refractivity contribution in [3.63, 3.8) is 0 Å². The zero-order valence-corrected chi connectivity index (χ0v) is 13.8. The van der Waals surface area contributed by atoms with E-state index in [1.165, 1.54) is 11.1 Å². The molecule has 5 heteroatoms. The molecule has 2 heterocycles. The maximum atomic E-state index is 4.43. The molecule has 1 N–H and O–H groups in total. The van der Waals surface area contributed by atoms with E-state index in [1.54, 1.807) is 0 Å². The molecule has 0 aliphatic rings. The predicted molar refractivity (Wildman–Crippen MR) is 84.7 cm³/mol. The van der Waals surface area contributed by atoms with Gasteiger partial charge in [-0.05, 0) is 59.9 Å². The number of pyridine rings is 1. The quantitative estimate of drug-likeness (QED) is 0.878. The van der Waals surface area contributed by atoms with E-state index >= 15 is 0 Å². The van der Waals surface area contributed by atoms with Gasteiger partial charge in [-0.25, -0.2) is 0 Å². The molecule has 0 aromatic carbocycles. The van der Waals surface area contributed by atoms with Crippen molar-refractivity contribution in [1.82, 2.24) is 20.1 Å². The van der Waals surface area contributed by atoms with Crippen molar-refractivity contribution in [3.05, 3.63) is 46.0 Å². The zero-order valence-electron chi connectivity index (χ0n) is 12.2. The molecule has 2 rings (SSSR count). The largest absolute Gasteiger partial charge is 0.305 e. The minimum atomic E-state index is 0.112. The van der Waals surface area contributed by atoms with Crippen molar-refractivity contribution in [2.24, 2.45) is 0 Å². The Morgan fingerprint density at radius 2 is 2.15 bits per heavy atom. The summed E-state index contributed by atoms with van der Waals surface area (Å²) >= 11 is 3.63. The number of aryl methyl sites for hydroxylation is 2. The van der Waals surface area contributed by atoms with Gasteiger partial charge in [-0.15, -0.1) is 0 Å². The predicted octanol–water partition coefficient (Wildman–Crippen LogP) is 3.46. The summed E-state index contributed by atoms with van der Waals surface area (Å²) in [4.78, 5) is 4.28. The van der Waals surface area contributed by atoms with Crippen LogP contribution < -0.4 is 5.32 Å². The van der Waals surface area contributed by atoms with Crippen molar-refractivity contribution in [2.75, 3.05) is 6.54 Å². The van der Waals surface area contributed by atoms with Gasteiger partial charge in [-0.1, -0.05) is 6.92 Å². The lowest BCUT2D eigenvalue weighted by Gasteiger charge is -2.22. The molecule has 0 radical (unpaired) electrons. The molecule has 0 saturated carbocycles. The molecule has 0 amide bonds. The van der Waals surface area contributed by atoms with Crippen LogP contribution in [0.2, 0.25) is 0 Å². The van der Waals surface area contributed by atoms with E-state index < -0.39 is 0 Å². The number of aromatic nitrogens is 3. The van der Waals surface area contributed by atoms with Crippen LogP contribution in [0.3, 0.4) is 0 Å². The van der Waals surface area contributed by atoms with Crippen LogP contribution in [-0.4, -0.2) is 21.3 Å². The second kappa shape index (κ2) is 6.99. The number of hydrogen-bond acceptors (Lipinski definition) is 3. The maximum absolute atomic E-state index is 4.43. The van der Waals surface area contributed by atoms with Gasteiger partial charge in [0.25, 0.3) is 0 Å². The lowest BCUT2D eigenvalue weighted by atomic mass is 10.0. The Labute approximate surface area is 128 Å². The average Bonchev–Trinajstić information content (AvgIpc) is 2.82. The minimum Gasteiger partial charge on any atom is -0.305 e. The fourth-order valence-corrected chi connectivity index (χ4v) is 2.86. The first-order chi connectivity index (χ1) is 9.69. The molecule has 1 unspecified atom stereocenters. The molecular formula is C15H21BrN4. The van der Waals surface area contributed by atoms with Gasteiger partial charge < -0.3 is 5.32 Å². The van der Waals surface area contributed by atoms with Gasteiger partial charge in [-0.3, -0.25) is 9.67 Å². The van der Waals surface area contributed by atoms with Crippen LogP contribution in [0, 0.1) is 6.92 Å². The van der Waals surface area contributed by atoms with Gasteiger partial charge in [0, 0.05) is 18.9 Å². The van der Waals surface area contributed by atoms with Crippen LogP contribution >= 0.6 is 15.9 Å². The summed E-state index contributed by atoms with van der Waals surface area (Å²) in [6.45, 7) is 8.21. The molecule has 2 aromatic rings. The third-order valence-electron chi connectivity index (χ3n) is 3.40. The third kappa shape index (κ3) is 3.10. The summed E-state index contributed by atoms with van der Waals surface area (Å²) < 4.78 is 3.07. The molecular weight excluding hydrogens is 316 g/mol. The lowest BCUT2D eigenvalue weighted by Crippen LogP contribution is -2.27. The molecule has 2 aromatic heterocycles. The van der Waals surface area contributed by atoms with Gasteiger partial charge >= 0.3 is 0 Å². The van der Waals surface area contributed by atoms with Gasteiger partial charge in [0.05, 0.1) is 22.4 Å². The standard InChI is InChI=1S/C15H21BrN4/c1-4-7-18-14(12-9-17-8-6-11(12)3)15-13(16)10-19-20(15)5-2/h6,8-10,14,18H,4-5,7H2,1-3H3. The highest BCUT2D eigenvalue weighted by Crippen LogP contribution is 2.30. The van der Waals surface area contributed by atoms with E-state index in [4.69, 9.17) is 0 Å². The smallest absolute Gasteiger partial charge is 0.0777 e. The first-order valence-corrected chi connectivity index (χ1v) is 7.83. The fraction of sp³-hybridized carbons (Fsp3) is 0.467. The monoisotopic (exact) mass is 336 g/mol. The third-order valence-corrected chi connectivity index (χ3v) is 4.01. The van der Waals surface area contributed by atoms with Crippen LogP contribution in [-0.2, 0) is 6.54 Å². The van der Waals surface area contributed by atoms with Gasteiger partial charge in [-0.2, -0.15) is 5.10 Å². The van der Waals surface area contributed by atoms with Crippen molar-refractivity contribution in [1.29, 1.82) is 0 Å². The van der Waals surface area contributed by atoms with E-state index in [0.29, 0.717) is 0 Å². The summed E-state index contributed by atoms with van der Waals surface area (Å²) in [6.07, 6.45) is 6.74. The summed E-state index contributed by atoms with van der Waals surface area (Å²) in [5.74, 6) is 0. The van der Waals surface area contributed by atoms with Crippen LogP contribution in [0.25, 0.3) is 0 Å². The summed E-state index contributed by atoms with van der Waals surface area (Å²) in [5.41, 5.74) is 3.61. The number of nitrogens with one attached hydrogen (secondary N) is 1. The minimum absolute atomic E-state index is 0.112. The highest BCUT2D eigenvalue weighted by molar-refractivity contribution is 9.10. The Morgan fingerprint density at radius 1 is 1.35 bits per heavy atom. The second-order valence-electron chi connectivity index (χ2n) is 4.81. The molecule has 4 nitrogen and oxygen atoms in total. The number of nitrogens with zero attached hydrogens (tertiary/aromatic N) is 3. The van der Waals surface area contributed by atoms with E-state index in [9.17, 15) is 0 Å². The maximum Gasteiger partial charge on any atom is 0.0777 e. The van der Waals surface area contributed by atoms with E-state index in [2.05, 4.69) is 58.2 Å². The highest BCUT2D eigenvalue weighted by atomic mass is 79.9. The Kier molecular flexibility index (Phi) is 5.31. The Balaban J connectivity index is 2.47. The molecule has 0 spiro atoms. The highest BCUT2D eigenvalue weighted by Gasteiger charge is 2.22. The van der Waals surface area contributed by atoms with Crippen molar-refractivity contribution < 1.29 is 0 Å². The number of hydrogen-bond donors (Lipinski definition) is 1. The molecule has 20 heavy (non-hydrogen) atoms. The summed E-state index contributed by atoms with van der Waals surface area (Å²) in [5, 5.41) is 8.04. The molecule has 0 bridgehead atoms. The average molecular weight is 337 g/mol. The molecule has 0 saturated heterocycles. The number of halogens is 1. The van der Waals surface area contributed by atoms with Crippen LogP contribution in [0.1, 0.15) is 43.1 Å². The van der Waals surface area contributed by atoms with Crippen LogP contribution in [0.4, 0.5) is 0 Å². The van der Waals surface area contributed by atoms with Crippen molar-refractivity contribution in [3.8, 4) is 0 Å². The summed E-state index contributed by atoms with van der Waals surface area (Å²) in [7, 11) is 0. The lowest BCUT2D eigenvalue weighted by molar-refractivity contribution is 0.526. The van der Waals surface area contributed by atoms with Crippen LogP contribution in [0.15, 0.2) is 29.1 Å². The van der Waals surface area contributed by atoms with Crippen LogP contribution in [0.5, 0.6) is 0 Å². The van der Waals surface area contributed by atoms with Gasteiger partial charge in [0.15, 0.2) is 0 Å². The van der Waals surface area contributed by atoms with E-state index in [-0.39, 0.29) is 6.04 Å². The molecule has 0 fully saturated rings. The molecule has 0 aliphatic carbocycles. The van der Waals surface area contributed by atoms with E-state index in [1.807, 2.05) is 23.3 Å². The normalized spacial score (nSPS) is 12.6. The van der Waals surface area contributed by atoms with E-state index in [0.717, 1.165) is 29.7 Å². The van der Waals surface area contributed by atoms with Crippen molar-refractivity contribution >= 4 is 15.9 Å². The van der Waals surface area contributed by atoms with Gasteiger partial charge in [0.1, 0.15) is 0 Å². The summed E-state index contributed by atoms with van der Waals surface area (Å²) in [6, 6.07) is 2.16. The Bertz CT molecular complexity index is 565. The fourth-order valence-electron chi connectivity index (χ4n) is 2.33. The second-order valence-corrected chi connectivity index (χ2v) is 5.67. The Morgan fingerprint density at radius 3 is 2.80 bits per heavy atom. The topological polar surface area (TPSA) is 42.7 Å². The zero-order chi connectivity index (χ0) is 14.5. The molecule has 108 valence electrons. The van der Waals surface area contributed by atoms with Gasteiger partial charge in [0.2, 0.25) is 0 Å². The first-order valence-electron chi connectivity index (χ1n) is 7.04. The first kappa shape index (κ1) is 15.2. The molecule has 0 aliphatic heterocycles. The van der Waals surface area contributed by atoms with Crippen molar-refractivity contribution in [2.45, 2.75) is 39.8 Å². The SMILES string of the molecule is CCCNC(c1cnccc1C)c1c(Br)cnn1CC. The Hall–Kier alpha value is -1.20. The number of rotatable bonds is 6. The molecule has 1 atom stereocenters.